The van der Waals surface area contributed by atoms with Crippen LogP contribution >= 0.6 is 0 Å². The van der Waals surface area contributed by atoms with E-state index in [4.69, 9.17) is 13.6 Å². The van der Waals surface area contributed by atoms with E-state index < -0.39 is 11.9 Å². The van der Waals surface area contributed by atoms with Crippen molar-refractivity contribution in [2.75, 3.05) is 20.3 Å². The summed E-state index contributed by atoms with van der Waals surface area (Å²) in [6, 6.07) is 3.33. The highest BCUT2D eigenvalue weighted by molar-refractivity contribution is 5.94. The minimum absolute atomic E-state index is 0.00437. The van der Waals surface area contributed by atoms with E-state index in [0.717, 1.165) is 0 Å². The molecule has 122 valence electrons. The number of nitrogens with zero attached hydrogens (tertiary/aromatic N) is 1. The van der Waals surface area contributed by atoms with E-state index in [-0.39, 0.29) is 24.1 Å². The fourth-order valence-electron chi connectivity index (χ4n) is 1.64. The van der Waals surface area contributed by atoms with E-state index >= 15 is 0 Å². The molecule has 0 saturated heterocycles. The average Bonchev–Trinajstić information content (AvgIpc) is 3.20. The predicted octanol–water partition coefficient (Wildman–Crippen LogP) is 1.79. The summed E-state index contributed by atoms with van der Waals surface area (Å²) in [5.74, 6) is -0.460. The van der Waals surface area contributed by atoms with Crippen molar-refractivity contribution in [3.8, 4) is 17.6 Å². The minimum Gasteiger partial charge on any atom is -0.466 e. The van der Waals surface area contributed by atoms with Crippen LogP contribution in [0.2, 0.25) is 0 Å². The van der Waals surface area contributed by atoms with Crippen molar-refractivity contribution >= 4 is 11.9 Å². The fourth-order valence-corrected chi connectivity index (χ4v) is 1.64. The van der Waals surface area contributed by atoms with Gasteiger partial charge in [-0.1, -0.05) is 6.08 Å². The van der Waals surface area contributed by atoms with E-state index in [1.165, 1.54) is 25.5 Å². The number of methoxy groups -OCH3 is 1. The molecule has 8 heteroatoms. The quantitative estimate of drug-likeness (QED) is 0.612. The van der Waals surface area contributed by atoms with Gasteiger partial charge in [-0.25, -0.2) is 4.79 Å². The first-order valence-corrected chi connectivity index (χ1v) is 6.85. The van der Waals surface area contributed by atoms with Gasteiger partial charge in [0.15, 0.2) is 5.76 Å². The number of ether oxygens (including phenoxy) is 2. The SMILES string of the molecule is CCOc1oc(-c2ccco2)nc1C(=O)NC/C=C/C(=O)OC. The van der Waals surface area contributed by atoms with Crippen LogP contribution in [0.15, 0.2) is 39.4 Å². The lowest BCUT2D eigenvalue weighted by atomic mass is 10.4. The molecule has 0 aliphatic heterocycles. The zero-order valence-corrected chi connectivity index (χ0v) is 12.7. The summed E-state index contributed by atoms with van der Waals surface area (Å²) < 4.78 is 20.3. The average molecular weight is 320 g/mol. The van der Waals surface area contributed by atoms with Crippen LogP contribution in [0, 0.1) is 0 Å². The molecule has 2 aromatic rings. The van der Waals surface area contributed by atoms with Crippen LogP contribution in [-0.4, -0.2) is 37.1 Å². The van der Waals surface area contributed by atoms with Gasteiger partial charge in [0.25, 0.3) is 11.8 Å². The van der Waals surface area contributed by atoms with Crippen LogP contribution in [0.25, 0.3) is 11.7 Å². The van der Waals surface area contributed by atoms with Crippen molar-refractivity contribution in [3.63, 3.8) is 0 Å². The van der Waals surface area contributed by atoms with E-state index in [9.17, 15) is 9.59 Å². The number of oxazole rings is 1. The highest BCUT2D eigenvalue weighted by atomic mass is 16.6. The molecule has 2 rings (SSSR count). The first-order chi connectivity index (χ1) is 11.2. The first kappa shape index (κ1) is 16.3. The molecule has 0 aliphatic rings. The molecule has 1 amide bonds. The summed E-state index contributed by atoms with van der Waals surface area (Å²) in [5.41, 5.74) is 0.00437. The van der Waals surface area contributed by atoms with Crippen LogP contribution in [0.4, 0.5) is 0 Å². The number of carbonyl (C=O) groups is 2. The third kappa shape index (κ3) is 4.22. The lowest BCUT2D eigenvalue weighted by Gasteiger charge is -2.01. The van der Waals surface area contributed by atoms with Crippen LogP contribution in [0.1, 0.15) is 17.4 Å². The number of esters is 1. The molecule has 0 atom stereocenters. The maximum Gasteiger partial charge on any atom is 0.330 e. The van der Waals surface area contributed by atoms with Crippen LogP contribution < -0.4 is 10.1 Å². The lowest BCUT2D eigenvalue weighted by Crippen LogP contribution is -2.24. The van der Waals surface area contributed by atoms with Gasteiger partial charge >= 0.3 is 11.9 Å². The smallest absolute Gasteiger partial charge is 0.330 e. The lowest BCUT2D eigenvalue weighted by molar-refractivity contribution is -0.134. The Morgan fingerprint density at radius 1 is 1.43 bits per heavy atom. The summed E-state index contributed by atoms with van der Waals surface area (Å²) in [4.78, 5) is 27.2. The number of furan rings is 1. The summed E-state index contributed by atoms with van der Waals surface area (Å²) >= 11 is 0. The summed E-state index contributed by atoms with van der Waals surface area (Å²) in [6.45, 7) is 2.20. The Hall–Kier alpha value is -3.03. The number of hydrogen-bond donors (Lipinski definition) is 1. The van der Waals surface area contributed by atoms with Gasteiger partial charge in [0.1, 0.15) is 0 Å². The second-order valence-electron chi connectivity index (χ2n) is 4.20. The molecule has 0 fully saturated rings. The Bertz CT molecular complexity index is 687. The molecular weight excluding hydrogens is 304 g/mol. The highest BCUT2D eigenvalue weighted by Crippen LogP contribution is 2.27. The van der Waals surface area contributed by atoms with E-state index in [0.29, 0.717) is 12.4 Å². The van der Waals surface area contributed by atoms with Crippen molar-refractivity contribution in [2.45, 2.75) is 6.92 Å². The fraction of sp³-hybridized carbons (Fsp3) is 0.267. The molecule has 8 nitrogen and oxygen atoms in total. The Balaban J connectivity index is 2.09. The Morgan fingerprint density at radius 2 is 2.26 bits per heavy atom. The van der Waals surface area contributed by atoms with E-state index in [1.54, 1.807) is 19.1 Å². The minimum atomic E-state index is -0.504. The zero-order chi connectivity index (χ0) is 16.7. The predicted molar refractivity (Wildman–Crippen MR) is 78.9 cm³/mol. The molecule has 0 aromatic carbocycles. The second kappa shape index (κ2) is 7.83. The molecule has 0 unspecified atom stereocenters. The zero-order valence-electron chi connectivity index (χ0n) is 12.7. The topological polar surface area (TPSA) is 104 Å². The number of hydrogen-bond acceptors (Lipinski definition) is 7. The molecule has 2 aromatic heterocycles. The van der Waals surface area contributed by atoms with Gasteiger partial charge in [-0.15, -0.1) is 0 Å². The molecule has 0 aliphatic carbocycles. The molecule has 0 saturated carbocycles. The molecule has 23 heavy (non-hydrogen) atoms. The third-order valence-corrected chi connectivity index (χ3v) is 2.65. The maximum atomic E-state index is 12.1. The van der Waals surface area contributed by atoms with Crippen molar-refractivity contribution in [2.24, 2.45) is 0 Å². The Kier molecular flexibility index (Phi) is 5.56. The van der Waals surface area contributed by atoms with Crippen LogP contribution in [-0.2, 0) is 9.53 Å². The maximum absolute atomic E-state index is 12.1. The van der Waals surface area contributed by atoms with Crippen molar-refractivity contribution in [3.05, 3.63) is 36.2 Å². The van der Waals surface area contributed by atoms with E-state index in [2.05, 4.69) is 15.0 Å². The Labute approximate surface area is 132 Å². The van der Waals surface area contributed by atoms with Crippen molar-refractivity contribution < 1.29 is 27.9 Å². The number of carbonyl (C=O) groups excluding carboxylic acids is 2. The van der Waals surface area contributed by atoms with Gasteiger partial charge in [0.2, 0.25) is 5.69 Å². The second-order valence-corrected chi connectivity index (χ2v) is 4.20. The van der Waals surface area contributed by atoms with Gasteiger partial charge in [-0.3, -0.25) is 4.79 Å². The number of aromatic nitrogens is 1. The van der Waals surface area contributed by atoms with Gasteiger partial charge in [-0.2, -0.15) is 4.98 Å². The number of rotatable bonds is 7. The van der Waals surface area contributed by atoms with E-state index in [1.807, 2.05) is 0 Å². The molecule has 0 radical (unpaired) electrons. The van der Waals surface area contributed by atoms with Crippen molar-refractivity contribution in [1.29, 1.82) is 0 Å². The van der Waals surface area contributed by atoms with Crippen LogP contribution in [0.3, 0.4) is 0 Å². The van der Waals surface area contributed by atoms with Gasteiger partial charge < -0.3 is 23.6 Å². The van der Waals surface area contributed by atoms with Gasteiger partial charge in [0, 0.05) is 12.6 Å². The van der Waals surface area contributed by atoms with Crippen LogP contribution in [0.5, 0.6) is 5.95 Å². The largest absolute Gasteiger partial charge is 0.466 e. The molecular formula is C15H16N2O6. The standard InChI is InChI=1S/C15H16N2O6/c1-3-21-15-12(13(19)16-8-4-7-11(18)20-2)17-14(23-15)10-6-5-9-22-10/h4-7,9H,3,8H2,1-2H3,(H,16,19)/b7-4+. The number of nitrogens with one attached hydrogen (secondary N) is 1. The molecule has 0 bridgehead atoms. The normalized spacial score (nSPS) is 10.7. The molecule has 0 spiro atoms. The highest BCUT2D eigenvalue weighted by Gasteiger charge is 2.23. The molecule has 1 N–H and O–H groups in total. The Morgan fingerprint density at radius 3 is 2.91 bits per heavy atom. The third-order valence-electron chi connectivity index (χ3n) is 2.65. The van der Waals surface area contributed by atoms with Gasteiger partial charge in [-0.05, 0) is 19.1 Å². The summed E-state index contributed by atoms with van der Waals surface area (Å²) in [5, 5.41) is 2.57. The summed E-state index contributed by atoms with van der Waals surface area (Å²) in [7, 11) is 1.27. The van der Waals surface area contributed by atoms with Gasteiger partial charge in [0.05, 0.1) is 20.0 Å². The summed E-state index contributed by atoms with van der Waals surface area (Å²) in [6.07, 6.45) is 4.13. The number of amides is 1. The monoisotopic (exact) mass is 320 g/mol. The van der Waals surface area contributed by atoms with Crippen molar-refractivity contribution in [1.82, 2.24) is 10.3 Å². The molecule has 2 heterocycles. The first-order valence-electron chi connectivity index (χ1n) is 6.85.